The van der Waals surface area contributed by atoms with Crippen LogP contribution in [0.25, 0.3) is 11.0 Å². The van der Waals surface area contributed by atoms with Crippen molar-refractivity contribution in [1.82, 2.24) is 14.9 Å². The molecule has 1 amide bonds. The maximum absolute atomic E-state index is 12.6. The third kappa shape index (κ3) is 3.82. The molecule has 0 atom stereocenters. The predicted octanol–water partition coefficient (Wildman–Crippen LogP) is 5.69. The zero-order valence-corrected chi connectivity index (χ0v) is 17.1. The number of carbonyl (C=O) groups excluding carboxylic acids is 1. The second-order valence-corrected chi connectivity index (χ2v) is 8.04. The van der Waals surface area contributed by atoms with Crippen molar-refractivity contribution < 1.29 is 4.79 Å². The van der Waals surface area contributed by atoms with E-state index in [-0.39, 0.29) is 11.9 Å². The molecule has 0 spiro atoms. The van der Waals surface area contributed by atoms with Crippen LogP contribution in [0.4, 0.5) is 11.6 Å². The zero-order chi connectivity index (χ0) is 19.7. The molecule has 2 N–H and O–H groups in total. The van der Waals surface area contributed by atoms with Crippen molar-refractivity contribution in [3.8, 4) is 0 Å². The molecular formula is C21H22Cl2N4O. The summed E-state index contributed by atoms with van der Waals surface area (Å²) in [6.45, 7) is 0. The highest BCUT2D eigenvalue weighted by Gasteiger charge is 2.18. The third-order valence-corrected chi connectivity index (χ3v) is 5.91. The Bertz CT molecular complexity index is 1000. The summed E-state index contributed by atoms with van der Waals surface area (Å²) in [4.78, 5) is 17.3. The fourth-order valence-corrected chi connectivity index (χ4v) is 4.19. The van der Waals surface area contributed by atoms with Crippen LogP contribution >= 0.6 is 23.2 Å². The van der Waals surface area contributed by atoms with Crippen molar-refractivity contribution in [3.63, 3.8) is 0 Å². The molecule has 2 aromatic carbocycles. The van der Waals surface area contributed by atoms with E-state index in [4.69, 9.17) is 23.2 Å². The first-order chi connectivity index (χ1) is 13.5. The summed E-state index contributed by atoms with van der Waals surface area (Å²) < 4.78 is 1.91. The van der Waals surface area contributed by atoms with Gasteiger partial charge in [-0.15, -0.1) is 0 Å². The SMILES string of the molecule is Cn1c(Nc2c(Cl)cccc2Cl)nc2cc(C(=O)NC3CCCCC3)ccc21. The van der Waals surface area contributed by atoms with Gasteiger partial charge in [0.1, 0.15) is 0 Å². The van der Waals surface area contributed by atoms with Gasteiger partial charge in [0.25, 0.3) is 5.91 Å². The number of hydrogen-bond acceptors (Lipinski definition) is 3. The van der Waals surface area contributed by atoms with Crippen LogP contribution in [0.1, 0.15) is 42.5 Å². The number of fused-ring (bicyclic) bond motifs is 1. The topological polar surface area (TPSA) is 59.0 Å². The minimum Gasteiger partial charge on any atom is -0.349 e. The number of carbonyl (C=O) groups is 1. The molecular weight excluding hydrogens is 395 g/mol. The summed E-state index contributed by atoms with van der Waals surface area (Å²) in [7, 11) is 1.91. The zero-order valence-electron chi connectivity index (χ0n) is 15.6. The molecule has 146 valence electrons. The Morgan fingerprint density at radius 2 is 1.82 bits per heavy atom. The first kappa shape index (κ1) is 19.1. The van der Waals surface area contributed by atoms with Gasteiger partial charge in [0.05, 0.1) is 26.8 Å². The standard InChI is InChI=1S/C21H22Cl2N4O/c1-27-18-11-10-13(20(28)24-14-6-3-2-4-7-14)12-17(18)25-21(27)26-19-15(22)8-5-9-16(19)23/h5,8-12,14H,2-4,6-7H2,1H3,(H,24,28)(H,25,26). The summed E-state index contributed by atoms with van der Waals surface area (Å²) in [6, 6.07) is 11.2. The van der Waals surface area contributed by atoms with E-state index in [1.54, 1.807) is 18.2 Å². The summed E-state index contributed by atoms with van der Waals surface area (Å²) in [5, 5.41) is 7.39. The van der Waals surface area contributed by atoms with E-state index in [1.165, 1.54) is 19.3 Å². The van der Waals surface area contributed by atoms with E-state index >= 15 is 0 Å². The molecule has 3 aromatic rings. The van der Waals surface area contributed by atoms with Crippen molar-refractivity contribution in [2.45, 2.75) is 38.1 Å². The Labute approximate surface area is 174 Å². The number of benzene rings is 2. The third-order valence-electron chi connectivity index (χ3n) is 5.28. The Morgan fingerprint density at radius 3 is 2.54 bits per heavy atom. The van der Waals surface area contributed by atoms with E-state index < -0.39 is 0 Å². The molecule has 1 heterocycles. The molecule has 4 rings (SSSR count). The summed E-state index contributed by atoms with van der Waals surface area (Å²) >= 11 is 12.5. The smallest absolute Gasteiger partial charge is 0.251 e. The Balaban J connectivity index is 1.59. The largest absolute Gasteiger partial charge is 0.349 e. The van der Waals surface area contributed by atoms with E-state index in [2.05, 4.69) is 15.6 Å². The Kier molecular flexibility index (Phi) is 5.47. The van der Waals surface area contributed by atoms with E-state index in [1.807, 2.05) is 29.8 Å². The van der Waals surface area contributed by atoms with Crippen molar-refractivity contribution in [3.05, 3.63) is 52.0 Å². The fraction of sp³-hybridized carbons (Fsp3) is 0.333. The molecule has 0 unspecified atom stereocenters. The first-order valence-corrected chi connectivity index (χ1v) is 10.3. The van der Waals surface area contributed by atoms with Crippen LogP contribution in [0.2, 0.25) is 10.0 Å². The minimum absolute atomic E-state index is 0.0388. The molecule has 7 heteroatoms. The maximum atomic E-state index is 12.6. The van der Waals surface area contributed by atoms with E-state index in [0.29, 0.717) is 27.2 Å². The summed E-state index contributed by atoms with van der Waals surface area (Å²) in [5.41, 5.74) is 2.89. The quantitative estimate of drug-likeness (QED) is 0.574. The second kappa shape index (κ2) is 8.02. The molecule has 0 saturated heterocycles. The van der Waals surface area contributed by atoms with Gasteiger partial charge < -0.3 is 15.2 Å². The van der Waals surface area contributed by atoms with Crippen molar-refractivity contribution in [2.24, 2.45) is 7.05 Å². The number of hydrogen-bond donors (Lipinski definition) is 2. The van der Waals surface area contributed by atoms with Crippen LogP contribution in [-0.2, 0) is 7.05 Å². The lowest BCUT2D eigenvalue weighted by molar-refractivity contribution is 0.0928. The highest BCUT2D eigenvalue weighted by atomic mass is 35.5. The number of aromatic nitrogens is 2. The molecule has 0 bridgehead atoms. The van der Waals surface area contributed by atoms with Crippen molar-refractivity contribution >= 4 is 51.8 Å². The maximum Gasteiger partial charge on any atom is 0.251 e. The molecule has 1 saturated carbocycles. The van der Waals surface area contributed by atoms with Gasteiger partial charge in [-0.3, -0.25) is 4.79 Å². The molecule has 5 nitrogen and oxygen atoms in total. The van der Waals surface area contributed by atoms with Gasteiger partial charge in [0.2, 0.25) is 5.95 Å². The number of halogens is 2. The predicted molar refractivity (Wildman–Crippen MR) is 115 cm³/mol. The number of amides is 1. The lowest BCUT2D eigenvalue weighted by Gasteiger charge is -2.22. The van der Waals surface area contributed by atoms with Gasteiger partial charge in [-0.2, -0.15) is 0 Å². The molecule has 1 aliphatic rings. The van der Waals surface area contributed by atoms with Crippen LogP contribution in [0, 0.1) is 0 Å². The molecule has 0 aliphatic heterocycles. The minimum atomic E-state index is -0.0388. The van der Waals surface area contributed by atoms with E-state index in [9.17, 15) is 4.79 Å². The van der Waals surface area contributed by atoms with Crippen LogP contribution in [0.5, 0.6) is 0 Å². The van der Waals surface area contributed by atoms with Crippen LogP contribution < -0.4 is 10.6 Å². The average molecular weight is 417 g/mol. The van der Waals surface area contributed by atoms with Gasteiger partial charge in [0, 0.05) is 18.7 Å². The number of rotatable bonds is 4. The number of nitrogens with one attached hydrogen (secondary N) is 2. The van der Waals surface area contributed by atoms with Crippen molar-refractivity contribution in [2.75, 3.05) is 5.32 Å². The van der Waals surface area contributed by atoms with Gasteiger partial charge in [-0.1, -0.05) is 48.5 Å². The monoisotopic (exact) mass is 416 g/mol. The van der Waals surface area contributed by atoms with Gasteiger partial charge in [-0.05, 0) is 43.2 Å². The van der Waals surface area contributed by atoms with E-state index in [0.717, 1.165) is 23.9 Å². The molecule has 1 aromatic heterocycles. The highest BCUT2D eigenvalue weighted by Crippen LogP contribution is 2.33. The first-order valence-electron chi connectivity index (χ1n) is 9.51. The number of nitrogens with zero attached hydrogens (tertiary/aromatic N) is 2. The van der Waals surface area contributed by atoms with Gasteiger partial charge in [-0.25, -0.2) is 4.98 Å². The Hall–Kier alpha value is -2.24. The van der Waals surface area contributed by atoms with Crippen LogP contribution in [0.15, 0.2) is 36.4 Å². The molecule has 1 aliphatic carbocycles. The van der Waals surface area contributed by atoms with Crippen LogP contribution in [0.3, 0.4) is 0 Å². The van der Waals surface area contributed by atoms with Crippen molar-refractivity contribution in [1.29, 1.82) is 0 Å². The lowest BCUT2D eigenvalue weighted by Crippen LogP contribution is -2.36. The van der Waals surface area contributed by atoms with Gasteiger partial charge >= 0.3 is 0 Å². The van der Waals surface area contributed by atoms with Crippen LogP contribution in [-0.4, -0.2) is 21.5 Å². The summed E-state index contributed by atoms with van der Waals surface area (Å²) in [5.74, 6) is 0.568. The number of imidazole rings is 1. The molecule has 1 fully saturated rings. The highest BCUT2D eigenvalue weighted by molar-refractivity contribution is 6.39. The second-order valence-electron chi connectivity index (χ2n) is 7.23. The fourth-order valence-electron chi connectivity index (χ4n) is 3.70. The number of anilines is 2. The lowest BCUT2D eigenvalue weighted by atomic mass is 9.95. The van der Waals surface area contributed by atoms with Gasteiger partial charge in [0.15, 0.2) is 0 Å². The number of aryl methyl sites for hydroxylation is 1. The Morgan fingerprint density at radius 1 is 1.11 bits per heavy atom. The summed E-state index contributed by atoms with van der Waals surface area (Å²) in [6.07, 6.45) is 5.75. The number of para-hydroxylation sites is 1. The molecule has 0 radical (unpaired) electrons. The average Bonchev–Trinajstić information content (AvgIpc) is 3.00. The normalized spacial score (nSPS) is 15.0. The molecule has 28 heavy (non-hydrogen) atoms.